The fourth-order valence-corrected chi connectivity index (χ4v) is 3.34. The lowest BCUT2D eigenvalue weighted by atomic mass is 9.93. The zero-order valence-electron chi connectivity index (χ0n) is 13.3. The van der Waals surface area contributed by atoms with E-state index in [2.05, 4.69) is 36.5 Å². The molecular weight excluding hydrogens is 284 g/mol. The number of ether oxygens (including phenoxy) is 1. The van der Waals surface area contributed by atoms with Gasteiger partial charge in [0.15, 0.2) is 0 Å². The number of nitrogens with one attached hydrogen (secondary N) is 1. The van der Waals surface area contributed by atoms with Gasteiger partial charge in [0, 0.05) is 17.2 Å². The molecule has 118 valence electrons. The molecule has 1 saturated heterocycles. The Morgan fingerprint density at radius 3 is 2.76 bits per heavy atom. The molecule has 5 heteroatoms. The van der Waals surface area contributed by atoms with Crippen LogP contribution in [0.4, 0.5) is 0 Å². The van der Waals surface area contributed by atoms with Crippen molar-refractivity contribution in [3.8, 4) is 0 Å². The number of carbonyl (C=O) groups excluding carboxylic acids is 1. The first-order valence-electron chi connectivity index (χ1n) is 7.74. The monoisotopic (exact) mass is 310 g/mol. The van der Waals surface area contributed by atoms with Crippen LogP contribution < -0.4 is 5.32 Å². The molecule has 1 aromatic heterocycles. The summed E-state index contributed by atoms with van der Waals surface area (Å²) in [5.41, 5.74) is 1.12. The number of nitrogens with zero attached hydrogens (tertiary/aromatic N) is 1. The number of hydrogen-bond acceptors (Lipinski definition) is 5. The molecule has 4 nitrogen and oxygen atoms in total. The van der Waals surface area contributed by atoms with Gasteiger partial charge in [-0.1, -0.05) is 20.8 Å². The molecule has 0 aliphatic carbocycles. The first-order chi connectivity index (χ1) is 9.95. The maximum Gasteiger partial charge on any atom is 0.141 e. The molecule has 0 radical (unpaired) electrons. The fraction of sp³-hybridized carbons (Fsp3) is 0.750. The maximum absolute atomic E-state index is 12.0. The first-order valence-corrected chi connectivity index (χ1v) is 8.62. The van der Waals surface area contributed by atoms with Crippen molar-refractivity contribution >= 4 is 17.1 Å². The minimum absolute atomic E-state index is 0.0515. The van der Waals surface area contributed by atoms with E-state index in [-0.39, 0.29) is 11.2 Å². The summed E-state index contributed by atoms with van der Waals surface area (Å²) in [7, 11) is 0. The molecule has 1 aliphatic heterocycles. The molecule has 2 heterocycles. The molecule has 0 bridgehead atoms. The predicted octanol–water partition coefficient (Wildman–Crippen LogP) is 2.71. The highest BCUT2D eigenvalue weighted by atomic mass is 32.1. The van der Waals surface area contributed by atoms with Crippen LogP contribution in [-0.4, -0.2) is 36.6 Å². The van der Waals surface area contributed by atoms with Crippen LogP contribution in [0, 0.1) is 0 Å². The molecule has 0 aromatic carbocycles. The van der Waals surface area contributed by atoms with E-state index >= 15 is 0 Å². The van der Waals surface area contributed by atoms with Crippen LogP contribution in [0.2, 0.25) is 0 Å². The van der Waals surface area contributed by atoms with Crippen LogP contribution in [0.1, 0.15) is 50.7 Å². The topological polar surface area (TPSA) is 51.2 Å². The van der Waals surface area contributed by atoms with Gasteiger partial charge >= 0.3 is 0 Å². The van der Waals surface area contributed by atoms with Crippen LogP contribution in [0.25, 0.3) is 0 Å². The van der Waals surface area contributed by atoms with Gasteiger partial charge < -0.3 is 10.1 Å². The minimum Gasteiger partial charge on any atom is -0.378 e. The number of ketones is 1. The third kappa shape index (κ3) is 5.49. The SMILES string of the molecule is CC(C)(C)c1csc(CC(=O)CCOC2CCNCC2)n1. The summed E-state index contributed by atoms with van der Waals surface area (Å²) >= 11 is 1.59. The summed E-state index contributed by atoms with van der Waals surface area (Å²) in [6, 6.07) is 0. The Balaban J connectivity index is 1.70. The minimum atomic E-state index is 0.0515. The van der Waals surface area contributed by atoms with Crippen molar-refractivity contribution in [1.29, 1.82) is 0 Å². The number of rotatable bonds is 6. The highest BCUT2D eigenvalue weighted by molar-refractivity contribution is 7.09. The molecule has 0 saturated carbocycles. The Bertz CT molecular complexity index is 459. The maximum atomic E-state index is 12.0. The zero-order chi connectivity index (χ0) is 15.3. The second kappa shape index (κ2) is 7.47. The summed E-state index contributed by atoms with van der Waals surface area (Å²) in [6.07, 6.45) is 3.36. The van der Waals surface area contributed by atoms with Crippen LogP contribution >= 0.6 is 11.3 Å². The highest BCUT2D eigenvalue weighted by Crippen LogP contribution is 2.24. The second-order valence-corrected chi connectivity index (χ2v) is 7.60. The predicted molar refractivity (Wildman–Crippen MR) is 86.0 cm³/mol. The first kappa shape index (κ1) is 16.6. The molecule has 1 fully saturated rings. The van der Waals surface area contributed by atoms with Crippen molar-refractivity contribution in [3.63, 3.8) is 0 Å². The Labute approximate surface area is 131 Å². The largest absolute Gasteiger partial charge is 0.378 e. The average Bonchev–Trinajstić information content (AvgIpc) is 2.88. The van der Waals surface area contributed by atoms with Crippen molar-refractivity contribution < 1.29 is 9.53 Å². The molecule has 0 spiro atoms. The van der Waals surface area contributed by atoms with Gasteiger partial charge in [-0.25, -0.2) is 4.98 Å². The molecule has 1 aromatic rings. The quantitative estimate of drug-likeness (QED) is 0.878. The number of carbonyl (C=O) groups is 1. The Morgan fingerprint density at radius 2 is 2.14 bits per heavy atom. The van der Waals surface area contributed by atoms with Crippen LogP contribution in [0.3, 0.4) is 0 Å². The van der Waals surface area contributed by atoms with E-state index in [9.17, 15) is 4.79 Å². The fourth-order valence-electron chi connectivity index (χ4n) is 2.30. The lowest BCUT2D eigenvalue weighted by Gasteiger charge is -2.22. The number of aromatic nitrogens is 1. The van der Waals surface area contributed by atoms with Gasteiger partial charge in [0.2, 0.25) is 0 Å². The number of piperidine rings is 1. The molecule has 0 amide bonds. The number of thiazole rings is 1. The van der Waals surface area contributed by atoms with Gasteiger partial charge in [-0.15, -0.1) is 11.3 Å². The molecular formula is C16H26N2O2S. The zero-order valence-corrected chi connectivity index (χ0v) is 14.1. The van der Waals surface area contributed by atoms with Gasteiger partial charge in [0.05, 0.1) is 24.8 Å². The molecule has 2 rings (SSSR count). The van der Waals surface area contributed by atoms with E-state index in [0.29, 0.717) is 25.6 Å². The standard InChI is InChI=1S/C16H26N2O2S/c1-16(2,3)14-11-21-15(18-14)10-12(19)6-9-20-13-4-7-17-8-5-13/h11,13,17H,4-10H2,1-3H3. The van der Waals surface area contributed by atoms with E-state index in [4.69, 9.17) is 4.74 Å². The van der Waals surface area contributed by atoms with Gasteiger partial charge in [0.25, 0.3) is 0 Å². The average molecular weight is 310 g/mol. The Morgan fingerprint density at radius 1 is 1.43 bits per heavy atom. The summed E-state index contributed by atoms with van der Waals surface area (Å²) in [5.74, 6) is 0.221. The van der Waals surface area contributed by atoms with Gasteiger partial charge in [-0.3, -0.25) is 4.79 Å². The van der Waals surface area contributed by atoms with E-state index in [1.54, 1.807) is 11.3 Å². The van der Waals surface area contributed by atoms with Crippen molar-refractivity contribution in [2.75, 3.05) is 19.7 Å². The van der Waals surface area contributed by atoms with E-state index in [1.165, 1.54) is 0 Å². The van der Waals surface area contributed by atoms with E-state index < -0.39 is 0 Å². The lowest BCUT2D eigenvalue weighted by molar-refractivity contribution is -0.120. The molecule has 1 aliphatic rings. The van der Waals surface area contributed by atoms with Crippen molar-refractivity contribution in [2.45, 2.75) is 58.0 Å². The van der Waals surface area contributed by atoms with Gasteiger partial charge in [-0.05, 0) is 25.9 Å². The lowest BCUT2D eigenvalue weighted by Crippen LogP contribution is -2.32. The molecule has 21 heavy (non-hydrogen) atoms. The summed E-state index contributed by atoms with van der Waals surface area (Å²) in [5, 5.41) is 6.29. The normalized spacial score (nSPS) is 17.1. The highest BCUT2D eigenvalue weighted by Gasteiger charge is 2.18. The second-order valence-electron chi connectivity index (χ2n) is 6.66. The van der Waals surface area contributed by atoms with Crippen molar-refractivity contribution in [1.82, 2.24) is 10.3 Å². The Kier molecular flexibility index (Phi) is 5.90. The molecule has 0 unspecified atom stereocenters. The Hall–Kier alpha value is -0.780. The summed E-state index contributed by atoms with van der Waals surface area (Å²) < 4.78 is 5.77. The molecule has 1 N–H and O–H groups in total. The third-order valence-electron chi connectivity index (χ3n) is 3.69. The van der Waals surface area contributed by atoms with E-state index in [1.807, 2.05) is 0 Å². The van der Waals surface area contributed by atoms with Gasteiger partial charge in [0.1, 0.15) is 10.8 Å². The van der Waals surface area contributed by atoms with Crippen molar-refractivity contribution in [3.05, 3.63) is 16.1 Å². The number of hydrogen-bond donors (Lipinski definition) is 1. The number of Topliss-reactive ketones (excluding diaryl/α,β-unsaturated/α-hetero) is 1. The van der Waals surface area contributed by atoms with Crippen LogP contribution in [0.5, 0.6) is 0 Å². The van der Waals surface area contributed by atoms with Crippen LogP contribution in [-0.2, 0) is 21.4 Å². The summed E-state index contributed by atoms with van der Waals surface area (Å²) in [6.45, 7) is 9.00. The molecule has 0 atom stereocenters. The summed E-state index contributed by atoms with van der Waals surface area (Å²) in [4.78, 5) is 16.6. The van der Waals surface area contributed by atoms with Gasteiger partial charge in [-0.2, -0.15) is 0 Å². The van der Waals surface area contributed by atoms with E-state index in [0.717, 1.165) is 36.6 Å². The third-order valence-corrected chi connectivity index (χ3v) is 4.54. The smallest absolute Gasteiger partial charge is 0.141 e. The van der Waals surface area contributed by atoms with Crippen molar-refractivity contribution in [2.24, 2.45) is 0 Å². The van der Waals surface area contributed by atoms with Crippen LogP contribution in [0.15, 0.2) is 5.38 Å².